The highest BCUT2D eigenvalue weighted by Gasteiger charge is 2.55. The van der Waals surface area contributed by atoms with Crippen LogP contribution in [0.3, 0.4) is 0 Å². The van der Waals surface area contributed by atoms with Gasteiger partial charge in [0.1, 0.15) is 17.6 Å². The molecule has 2 aliphatic rings. The van der Waals surface area contributed by atoms with Crippen molar-refractivity contribution < 1.29 is 9.47 Å². The normalized spacial score (nSPS) is 25.7. The highest BCUT2D eigenvalue weighted by molar-refractivity contribution is 6.28. The summed E-state index contributed by atoms with van der Waals surface area (Å²) in [6, 6.07) is 12.4. The van der Waals surface area contributed by atoms with Crippen LogP contribution in [0.4, 0.5) is 5.82 Å². The fourth-order valence-corrected chi connectivity index (χ4v) is 5.60. The van der Waals surface area contributed by atoms with Gasteiger partial charge in [-0.15, -0.1) is 0 Å². The summed E-state index contributed by atoms with van der Waals surface area (Å²) in [6.07, 6.45) is 7.67. The Morgan fingerprint density at radius 1 is 1.12 bits per heavy atom. The van der Waals surface area contributed by atoms with Crippen LogP contribution in [0.15, 0.2) is 55.0 Å². The lowest BCUT2D eigenvalue weighted by molar-refractivity contribution is -0.157. The Labute approximate surface area is 202 Å². The molecule has 3 aromatic heterocycles. The van der Waals surface area contributed by atoms with Crippen LogP contribution in [0, 0.1) is 0 Å². The summed E-state index contributed by atoms with van der Waals surface area (Å²) < 4.78 is 16.9. The number of ether oxygens (including phenoxy) is 2. The van der Waals surface area contributed by atoms with E-state index in [1.54, 1.807) is 0 Å². The number of fused-ring (bicyclic) bond motifs is 2. The quantitative estimate of drug-likeness (QED) is 0.428. The second-order valence-corrected chi connectivity index (χ2v) is 9.92. The summed E-state index contributed by atoms with van der Waals surface area (Å²) in [4.78, 5) is 8.56. The van der Waals surface area contributed by atoms with Crippen molar-refractivity contribution in [1.82, 2.24) is 24.3 Å². The van der Waals surface area contributed by atoms with Crippen LogP contribution >= 0.6 is 11.6 Å². The van der Waals surface area contributed by atoms with Crippen molar-refractivity contribution in [3.63, 3.8) is 0 Å². The van der Waals surface area contributed by atoms with E-state index >= 15 is 0 Å². The van der Waals surface area contributed by atoms with E-state index in [4.69, 9.17) is 26.8 Å². The first-order chi connectivity index (χ1) is 16.4. The summed E-state index contributed by atoms with van der Waals surface area (Å²) >= 11 is 6.13. The van der Waals surface area contributed by atoms with Gasteiger partial charge in [-0.3, -0.25) is 4.68 Å². The van der Waals surface area contributed by atoms with Crippen molar-refractivity contribution in [2.75, 3.05) is 5.73 Å². The van der Waals surface area contributed by atoms with Gasteiger partial charge in [-0.05, 0) is 55.5 Å². The minimum Gasteiger partial charge on any atom is -0.383 e. The number of nitrogens with zero attached hydrogens (tertiary/aromatic N) is 5. The van der Waals surface area contributed by atoms with E-state index in [2.05, 4.69) is 50.1 Å². The SMILES string of the molecule is CC1(C)O[C@@H]2[C@H](O1)[C@@H](c1cnn(CCc3ccccc3)c1)C[C@H]2n1ccc2c(N)nc(Cl)nc21. The molecular weight excluding hydrogens is 452 g/mol. The molecule has 4 heterocycles. The van der Waals surface area contributed by atoms with Crippen molar-refractivity contribution in [2.24, 2.45) is 0 Å². The molecule has 4 atom stereocenters. The highest BCUT2D eigenvalue weighted by atomic mass is 35.5. The maximum absolute atomic E-state index is 6.41. The standard InChI is InChI=1S/C25H27ClN6O2/c1-25(2)33-20-18(16-13-28-31(14-16)10-8-15-6-4-3-5-7-15)12-19(21(20)34-25)32-11-9-17-22(27)29-24(26)30-23(17)32/h3-7,9,11,13-14,18-21H,8,10,12H2,1-2H3,(H2,27,29,30)/t18-,19-,20-,21+/m1/s1. The summed E-state index contributed by atoms with van der Waals surface area (Å²) in [5.74, 6) is -0.137. The first kappa shape index (κ1) is 21.6. The van der Waals surface area contributed by atoms with E-state index in [0.29, 0.717) is 11.5 Å². The van der Waals surface area contributed by atoms with Crippen LogP contribution < -0.4 is 5.73 Å². The van der Waals surface area contributed by atoms with Gasteiger partial charge in [-0.25, -0.2) is 4.98 Å². The smallest absolute Gasteiger partial charge is 0.226 e. The number of aryl methyl sites for hydroxylation is 2. The summed E-state index contributed by atoms with van der Waals surface area (Å²) in [6.45, 7) is 4.76. The number of hydrogen-bond donors (Lipinski definition) is 1. The van der Waals surface area contributed by atoms with E-state index in [0.717, 1.165) is 30.3 Å². The number of aromatic nitrogens is 5. The second kappa shape index (κ2) is 8.08. The van der Waals surface area contributed by atoms with Crippen molar-refractivity contribution in [2.45, 2.75) is 63.2 Å². The third-order valence-electron chi connectivity index (χ3n) is 6.92. The molecule has 2 N–H and O–H groups in total. The first-order valence-corrected chi connectivity index (χ1v) is 12.0. The number of rotatable bonds is 5. The average Bonchev–Trinajstić information content (AvgIpc) is 3.55. The molecule has 1 aliphatic carbocycles. The molecule has 1 saturated carbocycles. The molecule has 0 spiro atoms. The van der Waals surface area contributed by atoms with Gasteiger partial charge in [-0.2, -0.15) is 10.1 Å². The van der Waals surface area contributed by atoms with Crippen molar-refractivity contribution in [3.05, 3.63) is 71.4 Å². The van der Waals surface area contributed by atoms with Gasteiger partial charge in [0.25, 0.3) is 0 Å². The summed E-state index contributed by atoms with van der Waals surface area (Å²) in [5, 5.41) is 5.57. The van der Waals surface area contributed by atoms with Gasteiger partial charge in [0.2, 0.25) is 5.28 Å². The van der Waals surface area contributed by atoms with Gasteiger partial charge >= 0.3 is 0 Å². The first-order valence-electron chi connectivity index (χ1n) is 11.6. The molecule has 1 aliphatic heterocycles. The number of halogens is 1. The van der Waals surface area contributed by atoms with Crippen LogP contribution in [-0.2, 0) is 22.4 Å². The molecule has 1 saturated heterocycles. The van der Waals surface area contributed by atoms with E-state index in [9.17, 15) is 0 Å². The Bertz CT molecular complexity index is 1330. The Morgan fingerprint density at radius 2 is 1.91 bits per heavy atom. The molecule has 34 heavy (non-hydrogen) atoms. The van der Waals surface area contributed by atoms with Gasteiger partial charge < -0.3 is 19.8 Å². The molecule has 9 heteroatoms. The van der Waals surface area contributed by atoms with Crippen molar-refractivity contribution >= 4 is 28.5 Å². The molecule has 6 rings (SSSR count). The van der Waals surface area contributed by atoms with E-state index in [1.165, 1.54) is 5.56 Å². The zero-order chi connectivity index (χ0) is 23.4. The third kappa shape index (κ3) is 3.76. The summed E-state index contributed by atoms with van der Waals surface area (Å²) in [7, 11) is 0. The van der Waals surface area contributed by atoms with Crippen LogP contribution in [0.5, 0.6) is 0 Å². The Hall–Kier alpha value is -2.94. The molecule has 0 amide bonds. The Kier molecular flexibility index (Phi) is 5.13. The molecule has 4 aromatic rings. The number of nitrogens with two attached hydrogens (primary N) is 1. The van der Waals surface area contributed by atoms with E-state index in [-0.39, 0.29) is 29.5 Å². The molecular formula is C25H27ClN6O2. The molecule has 0 radical (unpaired) electrons. The zero-order valence-corrected chi connectivity index (χ0v) is 19.9. The molecule has 2 fully saturated rings. The topological polar surface area (TPSA) is 93.0 Å². The van der Waals surface area contributed by atoms with Gasteiger partial charge in [0, 0.05) is 24.9 Å². The average molecular weight is 479 g/mol. The predicted molar refractivity (Wildman–Crippen MR) is 130 cm³/mol. The molecule has 0 bridgehead atoms. The lowest BCUT2D eigenvalue weighted by Crippen LogP contribution is -2.27. The van der Waals surface area contributed by atoms with Gasteiger partial charge in [0.15, 0.2) is 5.79 Å². The lowest BCUT2D eigenvalue weighted by Gasteiger charge is -2.24. The monoisotopic (exact) mass is 478 g/mol. The number of nitrogen functional groups attached to an aromatic ring is 1. The number of anilines is 1. The third-order valence-corrected chi connectivity index (χ3v) is 7.09. The van der Waals surface area contributed by atoms with E-state index < -0.39 is 5.79 Å². The van der Waals surface area contributed by atoms with Crippen molar-refractivity contribution in [1.29, 1.82) is 0 Å². The van der Waals surface area contributed by atoms with Crippen molar-refractivity contribution in [3.8, 4) is 0 Å². The van der Waals surface area contributed by atoms with E-state index in [1.807, 2.05) is 43.1 Å². The zero-order valence-electron chi connectivity index (χ0n) is 19.1. The molecule has 176 valence electrons. The van der Waals surface area contributed by atoms with Crippen LogP contribution in [0.2, 0.25) is 5.28 Å². The number of hydrogen-bond acceptors (Lipinski definition) is 6. The minimum atomic E-state index is -0.663. The maximum atomic E-state index is 6.41. The fraction of sp³-hybridized carbons (Fsp3) is 0.400. The second-order valence-electron chi connectivity index (χ2n) is 9.58. The van der Waals surface area contributed by atoms with Gasteiger partial charge in [0.05, 0.1) is 23.7 Å². The highest BCUT2D eigenvalue weighted by Crippen LogP contribution is 2.51. The predicted octanol–water partition coefficient (Wildman–Crippen LogP) is 4.35. The van der Waals surface area contributed by atoms with Crippen LogP contribution in [-0.4, -0.2) is 42.3 Å². The largest absolute Gasteiger partial charge is 0.383 e. The molecule has 8 nitrogen and oxygen atoms in total. The lowest BCUT2D eigenvalue weighted by atomic mass is 9.98. The van der Waals surface area contributed by atoms with Crippen LogP contribution in [0.25, 0.3) is 11.0 Å². The maximum Gasteiger partial charge on any atom is 0.226 e. The molecule has 1 aromatic carbocycles. The fourth-order valence-electron chi connectivity index (χ4n) is 5.43. The Balaban J connectivity index is 1.30. The van der Waals surface area contributed by atoms with Crippen LogP contribution in [0.1, 0.15) is 43.4 Å². The number of benzene rings is 1. The summed E-state index contributed by atoms with van der Waals surface area (Å²) in [5.41, 5.74) is 9.27. The molecule has 0 unspecified atom stereocenters. The van der Waals surface area contributed by atoms with Gasteiger partial charge in [-0.1, -0.05) is 30.3 Å². The minimum absolute atomic E-state index is 0.0207. The Morgan fingerprint density at radius 3 is 2.74 bits per heavy atom.